The Balaban J connectivity index is 1.52. The van der Waals surface area contributed by atoms with Gasteiger partial charge in [-0.1, -0.05) is 12.1 Å². The Hall–Kier alpha value is -3.08. The van der Waals surface area contributed by atoms with Crippen molar-refractivity contribution >= 4 is 17.3 Å². The van der Waals surface area contributed by atoms with E-state index in [2.05, 4.69) is 10.6 Å². The van der Waals surface area contributed by atoms with Crippen molar-refractivity contribution in [2.45, 2.75) is 13.0 Å². The maximum atomic E-state index is 13.1. The number of carbonyl (C=O) groups excluding carboxylic acids is 1. The molecule has 4 nitrogen and oxygen atoms in total. The van der Waals surface area contributed by atoms with Gasteiger partial charge in [-0.05, 0) is 54.1 Å². The number of hydrogen-bond acceptors (Lipinski definition) is 3. The lowest BCUT2D eigenvalue weighted by Crippen LogP contribution is -2.14. The quantitative estimate of drug-likeness (QED) is 0.714. The predicted octanol–water partition coefficient (Wildman–Crippen LogP) is 4.21. The molecule has 0 aliphatic carbocycles. The third-order valence-electron chi connectivity index (χ3n) is 3.47. The maximum Gasteiger partial charge on any atom is 0.228 e. The van der Waals surface area contributed by atoms with Crippen molar-refractivity contribution < 1.29 is 13.6 Å². The van der Waals surface area contributed by atoms with Crippen LogP contribution in [0.4, 0.5) is 15.8 Å². The van der Waals surface area contributed by atoms with Crippen molar-refractivity contribution in [1.82, 2.24) is 0 Å². The second-order valence-electron chi connectivity index (χ2n) is 5.37. The van der Waals surface area contributed by atoms with Crippen molar-refractivity contribution in [3.05, 3.63) is 84.1 Å². The summed E-state index contributed by atoms with van der Waals surface area (Å²) in [6, 6.07) is 17.2. The normalized spacial score (nSPS) is 10.4. The fourth-order valence-corrected chi connectivity index (χ4v) is 2.31. The van der Waals surface area contributed by atoms with E-state index in [0.717, 1.165) is 11.4 Å². The maximum absolute atomic E-state index is 13.1. The van der Waals surface area contributed by atoms with E-state index in [1.165, 1.54) is 12.1 Å². The number of halogens is 1. The first kappa shape index (κ1) is 15.8. The molecule has 1 aromatic heterocycles. The number of carbonyl (C=O) groups is 1. The van der Waals surface area contributed by atoms with E-state index in [4.69, 9.17) is 4.42 Å². The predicted molar refractivity (Wildman–Crippen MR) is 91.2 cm³/mol. The molecule has 5 heteroatoms. The van der Waals surface area contributed by atoms with E-state index < -0.39 is 0 Å². The van der Waals surface area contributed by atoms with Gasteiger partial charge in [-0.25, -0.2) is 4.39 Å². The Morgan fingerprint density at radius 2 is 1.79 bits per heavy atom. The number of nitrogens with one attached hydrogen (secondary N) is 2. The molecule has 1 amide bonds. The summed E-state index contributed by atoms with van der Waals surface area (Å²) in [7, 11) is 0. The highest BCUT2D eigenvalue weighted by Gasteiger charge is 2.05. The van der Waals surface area contributed by atoms with Crippen LogP contribution in [0.3, 0.4) is 0 Å². The van der Waals surface area contributed by atoms with Gasteiger partial charge in [0.05, 0.1) is 19.2 Å². The van der Waals surface area contributed by atoms with Crippen molar-refractivity contribution in [3.8, 4) is 0 Å². The van der Waals surface area contributed by atoms with Gasteiger partial charge in [-0.15, -0.1) is 0 Å². The second-order valence-corrected chi connectivity index (χ2v) is 5.37. The van der Waals surface area contributed by atoms with Crippen LogP contribution in [0.1, 0.15) is 11.3 Å². The summed E-state index contributed by atoms with van der Waals surface area (Å²) in [4.78, 5) is 12.0. The van der Waals surface area contributed by atoms with E-state index >= 15 is 0 Å². The van der Waals surface area contributed by atoms with Crippen LogP contribution in [-0.2, 0) is 17.8 Å². The topological polar surface area (TPSA) is 54.3 Å². The van der Waals surface area contributed by atoms with Crippen LogP contribution in [0.25, 0.3) is 0 Å². The number of benzene rings is 2. The summed E-state index contributed by atoms with van der Waals surface area (Å²) in [5.74, 6) is 0.326. The molecule has 0 saturated carbocycles. The van der Waals surface area contributed by atoms with Gasteiger partial charge in [-0.2, -0.15) is 0 Å². The molecule has 0 radical (unpaired) electrons. The first-order chi connectivity index (χ1) is 11.7. The molecule has 0 bridgehead atoms. The first-order valence-electron chi connectivity index (χ1n) is 7.60. The largest absolute Gasteiger partial charge is 0.467 e. The van der Waals surface area contributed by atoms with Crippen LogP contribution >= 0.6 is 0 Å². The molecule has 24 heavy (non-hydrogen) atoms. The minimum atomic E-state index is -0.340. The number of rotatable bonds is 6. The SMILES string of the molecule is O=C(Cc1cccc(F)c1)Nc1ccc(NCc2ccco2)cc1. The molecule has 0 saturated heterocycles. The van der Waals surface area contributed by atoms with Crippen LogP contribution in [0, 0.1) is 5.82 Å². The Bertz CT molecular complexity index is 798. The highest BCUT2D eigenvalue weighted by molar-refractivity contribution is 5.92. The highest BCUT2D eigenvalue weighted by Crippen LogP contribution is 2.15. The van der Waals surface area contributed by atoms with Gasteiger partial charge in [0, 0.05) is 11.4 Å². The molecule has 2 aromatic carbocycles. The van der Waals surface area contributed by atoms with E-state index in [0.29, 0.717) is 17.8 Å². The number of hydrogen-bond donors (Lipinski definition) is 2. The fourth-order valence-electron chi connectivity index (χ4n) is 2.31. The van der Waals surface area contributed by atoms with Gasteiger partial charge in [0.1, 0.15) is 11.6 Å². The summed E-state index contributed by atoms with van der Waals surface area (Å²) < 4.78 is 18.4. The van der Waals surface area contributed by atoms with E-state index in [1.54, 1.807) is 18.4 Å². The van der Waals surface area contributed by atoms with E-state index in [9.17, 15) is 9.18 Å². The second kappa shape index (κ2) is 7.46. The average Bonchev–Trinajstić information content (AvgIpc) is 3.07. The monoisotopic (exact) mass is 324 g/mol. The van der Waals surface area contributed by atoms with Gasteiger partial charge in [0.25, 0.3) is 0 Å². The van der Waals surface area contributed by atoms with Gasteiger partial charge in [0.2, 0.25) is 5.91 Å². The van der Waals surface area contributed by atoms with Crippen LogP contribution in [-0.4, -0.2) is 5.91 Å². The highest BCUT2D eigenvalue weighted by atomic mass is 19.1. The van der Waals surface area contributed by atoms with Crippen LogP contribution in [0.15, 0.2) is 71.3 Å². The first-order valence-corrected chi connectivity index (χ1v) is 7.60. The third-order valence-corrected chi connectivity index (χ3v) is 3.47. The minimum absolute atomic E-state index is 0.135. The lowest BCUT2D eigenvalue weighted by Gasteiger charge is -2.08. The number of furan rings is 1. The summed E-state index contributed by atoms with van der Waals surface area (Å²) in [5.41, 5.74) is 2.26. The molecule has 1 heterocycles. The Kier molecular flexibility index (Phi) is 4.91. The van der Waals surface area contributed by atoms with Gasteiger partial charge in [-0.3, -0.25) is 4.79 Å². The van der Waals surface area contributed by atoms with Crippen molar-refractivity contribution in [2.24, 2.45) is 0 Å². The Labute approximate surface area is 139 Å². The summed E-state index contributed by atoms with van der Waals surface area (Å²) >= 11 is 0. The fraction of sp³-hybridized carbons (Fsp3) is 0.105. The molecule has 3 aromatic rings. The molecule has 0 unspecified atom stereocenters. The van der Waals surface area contributed by atoms with Crippen LogP contribution in [0.5, 0.6) is 0 Å². The molecule has 122 valence electrons. The smallest absolute Gasteiger partial charge is 0.228 e. The lowest BCUT2D eigenvalue weighted by atomic mass is 10.1. The minimum Gasteiger partial charge on any atom is -0.467 e. The summed E-state index contributed by atoms with van der Waals surface area (Å²) in [6.45, 7) is 0.596. The Morgan fingerprint density at radius 3 is 2.50 bits per heavy atom. The average molecular weight is 324 g/mol. The molecule has 0 fully saturated rings. The molecular formula is C19H17FN2O2. The lowest BCUT2D eigenvalue weighted by molar-refractivity contribution is -0.115. The van der Waals surface area contributed by atoms with Crippen molar-refractivity contribution in [3.63, 3.8) is 0 Å². The van der Waals surface area contributed by atoms with Gasteiger partial charge in [0.15, 0.2) is 0 Å². The van der Waals surface area contributed by atoms with E-state index in [1.807, 2.05) is 36.4 Å². The molecule has 0 aliphatic rings. The summed E-state index contributed by atoms with van der Waals surface area (Å²) in [5, 5.41) is 6.02. The summed E-state index contributed by atoms with van der Waals surface area (Å²) in [6.07, 6.45) is 1.77. The zero-order valence-electron chi connectivity index (χ0n) is 13.0. The number of anilines is 2. The number of amides is 1. The molecule has 0 atom stereocenters. The molecule has 0 aliphatic heterocycles. The van der Waals surface area contributed by atoms with Crippen LogP contribution in [0.2, 0.25) is 0 Å². The van der Waals surface area contributed by atoms with E-state index in [-0.39, 0.29) is 18.1 Å². The molecule has 2 N–H and O–H groups in total. The van der Waals surface area contributed by atoms with Crippen molar-refractivity contribution in [2.75, 3.05) is 10.6 Å². The zero-order valence-corrected chi connectivity index (χ0v) is 13.0. The van der Waals surface area contributed by atoms with Crippen molar-refractivity contribution in [1.29, 1.82) is 0 Å². The van der Waals surface area contributed by atoms with Gasteiger partial charge < -0.3 is 15.1 Å². The standard InChI is InChI=1S/C19H17FN2O2/c20-15-4-1-3-14(11-15)12-19(23)22-17-8-6-16(7-9-17)21-13-18-5-2-10-24-18/h1-11,21H,12-13H2,(H,22,23). The Morgan fingerprint density at radius 1 is 1.00 bits per heavy atom. The third kappa shape index (κ3) is 4.46. The zero-order chi connectivity index (χ0) is 16.8. The molecular weight excluding hydrogens is 307 g/mol. The molecule has 0 spiro atoms. The molecule has 3 rings (SSSR count). The van der Waals surface area contributed by atoms with Crippen LogP contribution < -0.4 is 10.6 Å². The van der Waals surface area contributed by atoms with Gasteiger partial charge >= 0.3 is 0 Å².